The number of aliphatic hydroxyl groups excluding tert-OH is 1. The summed E-state index contributed by atoms with van der Waals surface area (Å²) in [5.74, 6) is -2.01. The molecule has 0 spiro atoms. The van der Waals surface area contributed by atoms with Gasteiger partial charge in [-0.1, -0.05) is 6.58 Å². The Hall–Kier alpha value is -3.35. The minimum atomic E-state index is -0.882. The second-order valence-corrected chi connectivity index (χ2v) is 4.86. The number of phenolic OH excluding ortho intramolecular Hbond substituents is 2. The molecule has 7 nitrogen and oxygen atoms in total. The van der Waals surface area contributed by atoms with Crippen molar-refractivity contribution < 1.29 is 29.6 Å². The van der Waals surface area contributed by atoms with Gasteiger partial charge in [-0.2, -0.15) is 0 Å². The first-order valence-corrected chi connectivity index (χ1v) is 6.82. The molecule has 2 rings (SSSR count). The van der Waals surface area contributed by atoms with Gasteiger partial charge in [0.25, 0.3) is 0 Å². The third-order valence-electron chi connectivity index (χ3n) is 3.28. The minimum Gasteiger partial charge on any atom is -0.508 e. The summed E-state index contributed by atoms with van der Waals surface area (Å²) >= 11 is 0. The molecule has 2 aromatic rings. The predicted molar refractivity (Wildman–Crippen MR) is 88.0 cm³/mol. The van der Waals surface area contributed by atoms with Gasteiger partial charge in [0, 0.05) is 17.7 Å². The van der Waals surface area contributed by atoms with Crippen LogP contribution in [-0.4, -0.2) is 27.5 Å². The van der Waals surface area contributed by atoms with E-state index in [1.165, 1.54) is 19.3 Å². The minimum absolute atomic E-state index is 0.0413. The lowest BCUT2D eigenvalue weighted by Crippen LogP contribution is -2.04. The zero-order valence-corrected chi connectivity index (χ0v) is 13.0. The van der Waals surface area contributed by atoms with Crippen molar-refractivity contribution in [3.63, 3.8) is 0 Å². The third kappa shape index (κ3) is 2.91. The van der Waals surface area contributed by atoms with E-state index >= 15 is 0 Å². The first-order chi connectivity index (χ1) is 11.3. The molecule has 0 bridgehead atoms. The Labute approximate surface area is 136 Å². The van der Waals surface area contributed by atoms with Gasteiger partial charge < -0.3 is 29.6 Å². The number of methoxy groups -OCH3 is 1. The second-order valence-electron chi connectivity index (χ2n) is 4.86. The van der Waals surface area contributed by atoms with Crippen LogP contribution in [0.5, 0.6) is 17.2 Å². The van der Waals surface area contributed by atoms with Crippen molar-refractivity contribution >= 4 is 16.5 Å². The lowest BCUT2D eigenvalue weighted by atomic mass is 10.1. The molecule has 0 amide bonds. The molecule has 1 aromatic carbocycles. The molecule has 0 fully saturated rings. The predicted octanol–water partition coefficient (Wildman–Crippen LogP) is 2.92. The fourth-order valence-electron chi connectivity index (χ4n) is 2.10. The van der Waals surface area contributed by atoms with Crippen LogP contribution in [-0.2, 0) is 4.74 Å². The first-order valence-electron chi connectivity index (χ1n) is 6.82. The van der Waals surface area contributed by atoms with Crippen molar-refractivity contribution in [1.82, 2.24) is 0 Å². The summed E-state index contributed by atoms with van der Waals surface area (Å²) in [7, 11) is 1.32. The molecule has 0 radical (unpaired) electrons. The number of fused-ring (bicyclic) bond motifs is 1. The number of aromatic hydroxyl groups is 3. The third-order valence-corrected chi connectivity index (χ3v) is 3.28. The topological polar surface area (TPSA) is 120 Å². The van der Waals surface area contributed by atoms with E-state index in [-0.39, 0.29) is 39.6 Å². The van der Waals surface area contributed by atoms with Gasteiger partial charge in [0.1, 0.15) is 22.5 Å². The largest absolute Gasteiger partial charge is 0.508 e. The number of benzene rings is 1. The molecule has 0 saturated heterocycles. The van der Waals surface area contributed by atoms with E-state index in [4.69, 9.17) is 9.15 Å². The fourth-order valence-corrected chi connectivity index (χ4v) is 2.10. The highest BCUT2D eigenvalue weighted by Crippen LogP contribution is 2.33. The van der Waals surface area contributed by atoms with Crippen LogP contribution >= 0.6 is 0 Å². The highest BCUT2D eigenvalue weighted by atomic mass is 16.5. The molecular weight excluding hydrogens is 316 g/mol. The summed E-state index contributed by atoms with van der Waals surface area (Å²) in [6.45, 7) is 5.26. The second kappa shape index (κ2) is 6.41. The number of phenols is 2. The Morgan fingerprint density at radius 1 is 1.29 bits per heavy atom. The summed E-state index contributed by atoms with van der Waals surface area (Å²) in [6.07, 6.45) is 2.65. The van der Waals surface area contributed by atoms with E-state index in [2.05, 4.69) is 6.58 Å². The molecule has 126 valence electrons. The van der Waals surface area contributed by atoms with E-state index in [1.807, 2.05) is 0 Å². The van der Waals surface area contributed by atoms with Gasteiger partial charge in [0.15, 0.2) is 17.3 Å². The van der Waals surface area contributed by atoms with E-state index in [0.717, 1.165) is 12.1 Å². The Balaban J connectivity index is 2.70. The van der Waals surface area contributed by atoms with Crippen molar-refractivity contribution in [2.24, 2.45) is 0 Å². The average molecular weight is 332 g/mol. The van der Waals surface area contributed by atoms with Crippen LogP contribution in [0.4, 0.5) is 0 Å². The van der Waals surface area contributed by atoms with Gasteiger partial charge >= 0.3 is 0 Å². The van der Waals surface area contributed by atoms with Crippen molar-refractivity contribution in [2.45, 2.75) is 6.92 Å². The Kier molecular flexibility index (Phi) is 4.54. The van der Waals surface area contributed by atoms with E-state index in [1.54, 1.807) is 6.92 Å². The number of hydrogen-bond donors (Lipinski definition) is 4. The summed E-state index contributed by atoms with van der Waals surface area (Å²) < 4.78 is 10.4. The van der Waals surface area contributed by atoms with Gasteiger partial charge in [0.05, 0.1) is 7.11 Å². The van der Waals surface area contributed by atoms with Crippen molar-refractivity contribution in [3.8, 4) is 17.2 Å². The molecular formula is C17H16O7. The van der Waals surface area contributed by atoms with Gasteiger partial charge in [0.2, 0.25) is 11.2 Å². The molecule has 24 heavy (non-hydrogen) atoms. The van der Waals surface area contributed by atoms with E-state index < -0.39 is 16.9 Å². The maximum absolute atomic E-state index is 12.2. The zero-order chi connectivity index (χ0) is 18.0. The fraction of sp³-hybridized carbons (Fsp3) is 0.118. The summed E-state index contributed by atoms with van der Waals surface area (Å²) in [5.41, 5.74) is -0.971. The summed E-state index contributed by atoms with van der Waals surface area (Å²) in [6, 6.07) is 2.08. The molecule has 0 saturated carbocycles. The highest BCUT2D eigenvalue weighted by Gasteiger charge is 2.19. The van der Waals surface area contributed by atoms with Crippen LogP contribution in [0.1, 0.15) is 12.7 Å². The molecule has 0 unspecified atom stereocenters. The Bertz CT molecular complexity index is 932. The smallest absolute Gasteiger partial charge is 0.238 e. The number of aliphatic hydroxyl groups is 1. The zero-order valence-electron chi connectivity index (χ0n) is 13.0. The van der Waals surface area contributed by atoms with E-state index in [9.17, 15) is 25.2 Å². The average Bonchev–Trinajstić information content (AvgIpc) is 2.54. The first kappa shape index (κ1) is 17.0. The molecule has 4 N–H and O–H groups in total. The number of hydrogen-bond acceptors (Lipinski definition) is 7. The maximum atomic E-state index is 12.2. The van der Waals surface area contributed by atoms with Crippen molar-refractivity contribution in [1.29, 1.82) is 0 Å². The van der Waals surface area contributed by atoms with Gasteiger partial charge in [-0.15, -0.1) is 0 Å². The Morgan fingerprint density at radius 3 is 2.54 bits per heavy atom. The Morgan fingerprint density at radius 2 is 1.96 bits per heavy atom. The standard InChI is InChI=1S/C17H16O7/c1-4-10(19)12(23-3)5-8(2)17-16(22)15(21)14-11(20)6-9(18)7-13(14)24-17/h4-7,18-20,22H,2H2,1,3H3/b10-4+,12-5+. The van der Waals surface area contributed by atoms with Crippen LogP contribution in [0, 0.1) is 0 Å². The molecule has 0 aliphatic carbocycles. The molecule has 7 heteroatoms. The normalized spacial score (nSPS) is 12.4. The highest BCUT2D eigenvalue weighted by molar-refractivity contribution is 5.88. The van der Waals surface area contributed by atoms with Crippen LogP contribution in [0.3, 0.4) is 0 Å². The van der Waals surface area contributed by atoms with Gasteiger partial charge in [-0.3, -0.25) is 4.79 Å². The van der Waals surface area contributed by atoms with Crippen LogP contribution in [0.25, 0.3) is 16.5 Å². The molecule has 0 atom stereocenters. The lowest BCUT2D eigenvalue weighted by Gasteiger charge is -2.09. The van der Waals surface area contributed by atoms with Crippen molar-refractivity contribution in [2.75, 3.05) is 7.11 Å². The monoisotopic (exact) mass is 332 g/mol. The van der Waals surface area contributed by atoms with Gasteiger partial charge in [-0.25, -0.2) is 0 Å². The molecule has 1 aromatic heterocycles. The van der Waals surface area contributed by atoms with Crippen molar-refractivity contribution in [3.05, 3.63) is 58.4 Å². The molecule has 0 aliphatic heterocycles. The number of rotatable bonds is 4. The SMILES string of the molecule is C=C(/C=C(OC)\C(O)=C/C)c1oc2cc(O)cc(O)c2c(=O)c1O. The number of ether oxygens (including phenoxy) is 1. The van der Waals surface area contributed by atoms with Crippen LogP contribution in [0.15, 0.2) is 51.6 Å². The maximum Gasteiger partial charge on any atom is 0.238 e. The summed E-state index contributed by atoms with van der Waals surface area (Å²) in [4.78, 5) is 12.2. The molecule has 1 heterocycles. The quantitative estimate of drug-likeness (QED) is 0.502. The van der Waals surface area contributed by atoms with E-state index in [0.29, 0.717) is 0 Å². The van der Waals surface area contributed by atoms with Crippen LogP contribution < -0.4 is 5.43 Å². The molecule has 0 aliphatic rings. The van der Waals surface area contributed by atoms with Crippen LogP contribution in [0.2, 0.25) is 0 Å². The number of allylic oxidation sites excluding steroid dienone is 3. The summed E-state index contributed by atoms with van der Waals surface area (Å²) in [5, 5.41) is 38.7. The van der Waals surface area contributed by atoms with Gasteiger partial charge in [-0.05, 0) is 19.1 Å². The lowest BCUT2D eigenvalue weighted by molar-refractivity contribution is 0.256.